The van der Waals surface area contributed by atoms with Crippen molar-refractivity contribution in [1.82, 2.24) is 0 Å². The summed E-state index contributed by atoms with van der Waals surface area (Å²) >= 11 is 0. The van der Waals surface area contributed by atoms with E-state index in [2.05, 4.69) is 0 Å². The van der Waals surface area contributed by atoms with Crippen LogP contribution in [0.1, 0.15) is 55.1 Å². The Morgan fingerprint density at radius 2 is 1.82 bits per heavy atom. The molecule has 3 rings (SSSR count). The van der Waals surface area contributed by atoms with Gasteiger partial charge < -0.3 is 9.64 Å². The highest BCUT2D eigenvalue weighted by atomic mass is 16.6. The number of benzene rings is 2. The molecule has 1 aliphatic heterocycles. The zero-order valence-electron chi connectivity index (χ0n) is 16.3. The number of carbonyl (C=O) groups is 2. The molecule has 2 aromatic rings. The standard InChI is InChI=1S/C21H22N2O5/c1-13(20(25)28-21(2,3)4)14-5-8-16(9-6-14)22-12-15-7-10-17(23(26)27)11-18(15)19(22)24/h5-11,13H,12H2,1-4H3. The Bertz CT molecular complexity index is 944. The molecule has 0 aromatic heterocycles. The summed E-state index contributed by atoms with van der Waals surface area (Å²) < 4.78 is 5.42. The maximum absolute atomic E-state index is 12.7. The van der Waals surface area contributed by atoms with Crippen LogP contribution in [0.3, 0.4) is 0 Å². The van der Waals surface area contributed by atoms with E-state index >= 15 is 0 Å². The zero-order valence-corrected chi connectivity index (χ0v) is 16.3. The van der Waals surface area contributed by atoms with Crippen LogP contribution in [0.4, 0.5) is 11.4 Å². The third-order valence-corrected chi connectivity index (χ3v) is 4.57. The van der Waals surface area contributed by atoms with Crippen LogP contribution in [0.15, 0.2) is 42.5 Å². The molecule has 0 aliphatic carbocycles. The molecule has 0 saturated heterocycles. The van der Waals surface area contributed by atoms with Crippen molar-refractivity contribution in [1.29, 1.82) is 0 Å². The molecule has 7 nitrogen and oxygen atoms in total. The van der Waals surface area contributed by atoms with Gasteiger partial charge in [-0.05, 0) is 57.0 Å². The largest absolute Gasteiger partial charge is 0.460 e. The summed E-state index contributed by atoms with van der Waals surface area (Å²) in [6, 6.07) is 11.5. The summed E-state index contributed by atoms with van der Waals surface area (Å²) in [6.45, 7) is 7.59. The van der Waals surface area contributed by atoms with E-state index in [9.17, 15) is 19.7 Å². The number of nitrogens with zero attached hydrogens (tertiary/aromatic N) is 2. The summed E-state index contributed by atoms with van der Waals surface area (Å²) in [5.41, 5.74) is 1.90. The number of amides is 1. The fraction of sp³-hybridized carbons (Fsp3) is 0.333. The second-order valence-corrected chi connectivity index (χ2v) is 7.84. The molecule has 0 spiro atoms. The first-order valence-corrected chi connectivity index (χ1v) is 8.99. The van der Waals surface area contributed by atoms with Crippen LogP contribution in [0.2, 0.25) is 0 Å². The summed E-state index contributed by atoms with van der Waals surface area (Å²) in [6.07, 6.45) is 0. The molecule has 0 fully saturated rings. The Labute approximate surface area is 163 Å². The lowest BCUT2D eigenvalue weighted by Gasteiger charge is -2.23. The smallest absolute Gasteiger partial charge is 0.313 e. The first-order valence-electron chi connectivity index (χ1n) is 8.99. The lowest BCUT2D eigenvalue weighted by molar-refractivity contribution is -0.384. The van der Waals surface area contributed by atoms with Crippen molar-refractivity contribution in [3.8, 4) is 0 Å². The van der Waals surface area contributed by atoms with Crippen molar-refractivity contribution in [2.24, 2.45) is 0 Å². The van der Waals surface area contributed by atoms with Crippen LogP contribution in [0.25, 0.3) is 0 Å². The number of rotatable bonds is 4. The van der Waals surface area contributed by atoms with Crippen LogP contribution in [-0.4, -0.2) is 22.4 Å². The molecule has 7 heteroatoms. The molecule has 1 aliphatic rings. The molecule has 0 radical (unpaired) electrons. The monoisotopic (exact) mass is 382 g/mol. The Morgan fingerprint density at radius 3 is 2.39 bits per heavy atom. The van der Waals surface area contributed by atoms with Gasteiger partial charge in [-0.25, -0.2) is 0 Å². The van der Waals surface area contributed by atoms with E-state index in [1.54, 1.807) is 42.2 Å². The summed E-state index contributed by atoms with van der Waals surface area (Å²) in [4.78, 5) is 36.9. The van der Waals surface area contributed by atoms with Crippen molar-refractivity contribution in [3.63, 3.8) is 0 Å². The molecular formula is C21H22N2O5. The predicted molar refractivity (Wildman–Crippen MR) is 104 cm³/mol. The number of hydrogen-bond acceptors (Lipinski definition) is 5. The predicted octanol–water partition coefficient (Wildman–Crippen LogP) is 4.20. The van der Waals surface area contributed by atoms with Crippen LogP contribution >= 0.6 is 0 Å². The van der Waals surface area contributed by atoms with E-state index in [0.717, 1.165) is 11.1 Å². The number of esters is 1. The third kappa shape index (κ3) is 3.88. The first-order chi connectivity index (χ1) is 13.1. The van der Waals surface area contributed by atoms with Gasteiger partial charge in [-0.1, -0.05) is 12.1 Å². The second-order valence-electron chi connectivity index (χ2n) is 7.84. The number of nitro benzene ring substituents is 1. The highest BCUT2D eigenvalue weighted by Gasteiger charge is 2.30. The average molecular weight is 382 g/mol. The van der Waals surface area contributed by atoms with Crippen LogP contribution < -0.4 is 4.90 Å². The first kappa shape index (κ1) is 19.5. The molecule has 0 N–H and O–H groups in total. The molecule has 1 amide bonds. The van der Waals surface area contributed by atoms with Gasteiger partial charge >= 0.3 is 5.97 Å². The topological polar surface area (TPSA) is 89.8 Å². The number of hydrogen-bond donors (Lipinski definition) is 0. The van der Waals surface area contributed by atoms with Gasteiger partial charge in [0.2, 0.25) is 0 Å². The highest BCUT2D eigenvalue weighted by molar-refractivity contribution is 6.10. The van der Waals surface area contributed by atoms with E-state index in [0.29, 0.717) is 17.8 Å². The molecule has 28 heavy (non-hydrogen) atoms. The van der Waals surface area contributed by atoms with Crippen molar-refractivity contribution >= 4 is 23.3 Å². The van der Waals surface area contributed by atoms with Crippen molar-refractivity contribution < 1.29 is 19.2 Å². The minimum atomic E-state index is -0.554. The summed E-state index contributed by atoms with van der Waals surface area (Å²) in [7, 11) is 0. The number of fused-ring (bicyclic) bond motifs is 1. The van der Waals surface area contributed by atoms with Gasteiger partial charge in [0.1, 0.15) is 5.60 Å². The van der Waals surface area contributed by atoms with Gasteiger partial charge in [0.05, 0.1) is 22.9 Å². The van der Waals surface area contributed by atoms with Gasteiger partial charge in [0, 0.05) is 17.8 Å². The highest BCUT2D eigenvalue weighted by Crippen LogP contribution is 2.31. The van der Waals surface area contributed by atoms with Crippen molar-refractivity contribution in [2.45, 2.75) is 45.8 Å². The molecule has 146 valence electrons. The molecule has 1 heterocycles. The fourth-order valence-corrected chi connectivity index (χ4v) is 3.08. The number of carbonyl (C=O) groups excluding carboxylic acids is 2. The lowest BCUT2D eigenvalue weighted by atomic mass is 10.0. The number of nitro groups is 1. The van der Waals surface area contributed by atoms with E-state index in [1.807, 2.05) is 20.8 Å². The normalized spacial score (nSPS) is 14.6. The van der Waals surface area contributed by atoms with Crippen molar-refractivity contribution in [3.05, 3.63) is 69.3 Å². The SMILES string of the molecule is CC(C(=O)OC(C)(C)C)c1ccc(N2Cc3ccc([N+](=O)[O-])cc3C2=O)cc1. The van der Waals surface area contributed by atoms with Gasteiger partial charge in [-0.2, -0.15) is 0 Å². The number of non-ortho nitro benzene ring substituents is 1. The lowest BCUT2D eigenvalue weighted by Crippen LogP contribution is -2.27. The quantitative estimate of drug-likeness (QED) is 0.449. The fourth-order valence-electron chi connectivity index (χ4n) is 3.08. The minimum Gasteiger partial charge on any atom is -0.460 e. The van der Waals surface area contributed by atoms with Gasteiger partial charge in [0.15, 0.2) is 0 Å². The van der Waals surface area contributed by atoms with Crippen LogP contribution in [-0.2, 0) is 16.1 Å². The maximum Gasteiger partial charge on any atom is 0.313 e. The molecule has 1 unspecified atom stereocenters. The van der Waals surface area contributed by atoms with E-state index in [4.69, 9.17) is 4.74 Å². The van der Waals surface area contributed by atoms with Gasteiger partial charge in [0.25, 0.3) is 11.6 Å². The number of anilines is 1. The van der Waals surface area contributed by atoms with Gasteiger partial charge in [-0.15, -0.1) is 0 Å². The van der Waals surface area contributed by atoms with E-state index < -0.39 is 16.4 Å². The average Bonchev–Trinajstić information content (AvgIpc) is 2.96. The summed E-state index contributed by atoms with van der Waals surface area (Å²) in [5, 5.41) is 10.9. The van der Waals surface area contributed by atoms with Crippen LogP contribution in [0, 0.1) is 10.1 Å². The Hall–Kier alpha value is -3.22. The summed E-state index contributed by atoms with van der Waals surface area (Å²) in [5.74, 6) is -1.01. The Morgan fingerprint density at radius 1 is 1.18 bits per heavy atom. The zero-order chi connectivity index (χ0) is 20.6. The van der Waals surface area contributed by atoms with Gasteiger partial charge in [-0.3, -0.25) is 19.7 Å². The Kier molecular flexibility index (Phi) is 4.93. The van der Waals surface area contributed by atoms with Crippen molar-refractivity contribution in [2.75, 3.05) is 4.90 Å². The third-order valence-electron chi connectivity index (χ3n) is 4.57. The van der Waals surface area contributed by atoms with E-state index in [1.165, 1.54) is 12.1 Å². The number of ether oxygens (including phenoxy) is 1. The minimum absolute atomic E-state index is 0.101. The maximum atomic E-state index is 12.7. The molecule has 0 saturated carbocycles. The molecule has 2 aromatic carbocycles. The Balaban J connectivity index is 1.78. The second kappa shape index (κ2) is 7.07. The molecular weight excluding hydrogens is 360 g/mol. The molecule has 0 bridgehead atoms. The van der Waals surface area contributed by atoms with Crippen LogP contribution in [0.5, 0.6) is 0 Å². The van der Waals surface area contributed by atoms with E-state index in [-0.39, 0.29) is 17.6 Å². The molecule has 1 atom stereocenters.